The maximum atomic E-state index is 10.8. The van der Waals surface area contributed by atoms with Crippen molar-refractivity contribution >= 4 is 5.97 Å². The SMILES string of the molecule is Cc1ccccc1CCCN(CC(=O)O)C(C)C. The van der Waals surface area contributed by atoms with E-state index in [0.717, 1.165) is 19.4 Å². The summed E-state index contributed by atoms with van der Waals surface area (Å²) in [5.41, 5.74) is 2.67. The van der Waals surface area contributed by atoms with E-state index in [2.05, 4.69) is 25.1 Å². The normalized spacial score (nSPS) is 11.2. The average Bonchev–Trinajstić information content (AvgIpc) is 2.29. The molecule has 0 saturated carbocycles. The number of carboxylic acid groups (broad SMARTS) is 1. The molecule has 0 fully saturated rings. The summed E-state index contributed by atoms with van der Waals surface area (Å²) in [5, 5.41) is 8.85. The van der Waals surface area contributed by atoms with E-state index in [1.165, 1.54) is 11.1 Å². The second-order valence-electron chi connectivity index (χ2n) is 4.99. The van der Waals surface area contributed by atoms with Crippen LogP contribution in [0.15, 0.2) is 24.3 Å². The summed E-state index contributed by atoms with van der Waals surface area (Å²) in [6, 6.07) is 8.64. The number of aryl methyl sites for hydroxylation is 2. The van der Waals surface area contributed by atoms with Gasteiger partial charge in [0.1, 0.15) is 0 Å². The van der Waals surface area contributed by atoms with Gasteiger partial charge in [0, 0.05) is 6.04 Å². The molecule has 3 heteroatoms. The second kappa shape index (κ2) is 7.17. The van der Waals surface area contributed by atoms with Gasteiger partial charge in [-0.2, -0.15) is 0 Å². The first kappa shape index (κ1) is 14.7. The topological polar surface area (TPSA) is 40.5 Å². The first-order valence-electron chi connectivity index (χ1n) is 6.51. The minimum Gasteiger partial charge on any atom is -0.480 e. The van der Waals surface area contributed by atoms with Gasteiger partial charge >= 0.3 is 5.97 Å². The largest absolute Gasteiger partial charge is 0.480 e. The molecule has 0 aliphatic rings. The predicted octanol–water partition coefficient (Wildman–Crippen LogP) is 2.72. The van der Waals surface area contributed by atoms with Crippen LogP contribution in [-0.4, -0.2) is 35.1 Å². The van der Waals surface area contributed by atoms with Gasteiger partial charge < -0.3 is 5.11 Å². The van der Waals surface area contributed by atoms with Gasteiger partial charge in [-0.1, -0.05) is 24.3 Å². The fraction of sp³-hybridized carbons (Fsp3) is 0.533. The fourth-order valence-corrected chi connectivity index (χ4v) is 2.06. The number of carboxylic acids is 1. The van der Waals surface area contributed by atoms with E-state index in [0.29, 0.717) is 0 Å². The Morgan fingerprint density at radius 3 is 2.56 bits per heavy atom. The minimum absolute atomic E-state index is 0.130. The van der Waals surface area contributed by atoms with E-state index in [1.807, 2.05) is 24.8 Å². The first-order valence-corrected chi connectivity index (χ1v) is 6.51. The molecule has 18 heavy (non-hydrogen) atoms. The lowest BCUT2D eigenvalue weighted by Gasteiger charge is -2.24. The monoisotopic (exact) mass is 249 g/mol. The summed E-state index contributed by atoms with van der Waals surface area (Å²) in [4.78, 5) is 12.8. The average molecular weight is 249 g/mol. The Hall–Kier alpha value is -1.35. The van der Waals surface area contributed by atoms with Gasteiger partial charge in [-0.3, -0.25) is 9.69 Å². The van der Waals surface area contributed by atoms with E-state index in [9.17, 15) is 4.79 Å². The molecule has 0 aromatic heterocycles. The number of hydrogen-bond donors (Lipinski definition) is 1. The lowest BCUT2D eigenvalue weighted by Crippen LogP contribution is -2.36. The minimum atomic E-state index is -0.750. The fourth-order valence-electron chi connectivity index (χ4n) is 2.06. The number of nitrogens with zero attached hydrogens (tertiary/aromatic N) is 1. The highest BCUT2D eigenvalue weighted by Gasteiger charge is 2.12. The van der Waals surface area contributed by atoms with Crippen LogP contribution in [0, 0.1) is 6.92 Å². The predicted molar refractivity (Wildman–Crippen MR) is 73.8 cm³/mol. The van der Waals surface area contributed by atoms with Crippen molar-refractivity contribution in [2.24, 2.45) is 0 Å². The van der Waals surface area contributed by atoms with Crippen LogP contribution in [0.3, 0.4) is 0 Å². The standard InChI is InChI=1S/C15H23NO2/c1-12(2)16(11-15(17)18)10-6-9-14-8-5-4-7-13(14)3/h4-5,7-8,12H,6,9-11H2,1-3H3,(H,17,18). The molecular formula is C15H23NO2. The molecule has 1 rings (SSSR count). The highest BCUT2D eigenvalue weighted by atomic mass is 16.4. The number of benzene rings is 1. The Bertz CT molecular complexity index is 388. The van der Waals surface area contributed by atoms with Crippen LogP contribution in [0.5, 0.6) is 0 Å². The highest BCUT2D eigenvalue weighted by Crippen LogP contribution is 2.10. The Balaban J connectivity index is 2.44. The van der Waals surface area contributed by atoms with Gasteiger partial charge in [0.25, 0.3) is 0 Å². The molecule has 0 bridgehead atoms. The van der Waals surface area contributed by atoms with Crippen LogP contribution in [0.1, 0.15) is 31.4 Å². The summed E-state index contributed by atoms with van der Waals surface area (Å²) < 4.78 is 0. The van der Waals surface area contributed by atoms with E-state index in [1.54, 1.807) is 0 Å². The lowest BCUT2D eigenvalue weighted by atomic mass is 10.0. The zero-order valence-electron chi connectivity index (χ0n) is 11.5. The molecular weight excluding hydrogens is 226 g/mol. The van der Waals surface area contributed by atoms with Crippen LogP contribution in [0.4, 0.5) is 0 Å². The molecule has 0 unspecified atom stereocenters. The summed E-state index contributed by atoms with van der Waals surface area (Å²) in [5.74, 6) is -0.750. The van der Waals surface area contributed by atoms with Crippen molar-refractivity contribution in [3.63, 3.8) is 0 Å². The van der Waals surface area contributed by atoms with Crippen molar-refractivity contribution in [2.75, 3.05) is 13.1 Å². The zero-order valence-corrected chi connectivity index (χ0v) is 11.5. The van der Waals surface area contributed by atoms with Gasteiger partial charge in [0.2, 0.25) is 0 Å². The third-order valence-electron chi connectivity index (χ3n) is 3.22. The van der Waals surface area contributed by atoms with Crippen molar-refractivity contribution in [2.45, 2.75) is 39.7 Å². The molecule has 0 heterocycles. The summed E-state index contributed by atoms with van der Waals surface area (Å²) in [6.07, 6.45) is 2.01. The zero-order chi connectivity index (χ0) is 13.5. The maximum absolute atomic E-state index is 10.8. The Kier molecular flexibility index (Phi) is 5.86. The van der Waals surface area contributed by atoms with E-state index in [4.69, 9.17) is 5.11 Å². The molecule has 100 valence electrons. The van der Waals surface area contributed by atoms with Crippen molar-refractivity contribution < 1.29 is 9.90 Å². The quantitative estimate of drug-likeness (QED) is 0.807. The summed E-state index contributed by atoms with van der Waals surface area (Å²) >= 11 is 0. The van der Waals surface area contributed by atoms with Crippen LogP contribution in [-0.2, 0) is 11.2 Å². The Morgan fingerprint density at radius 1 is 1.33 bits per heavy atom. The maximum Gasteiger partial charge on any atom is 0.317 e. The van der Waals surface area contributed by atoms with Crippen molar-refractivity contribution in [3.8, 4) is 0 Å². The lowest BCUT2D eigenvalue weighted by molar-refractivity contribution is -0.138. The first-order chi connectivity index (χ1) is 8.50. The molecule has 1 aromatic carbocycles. The second-order valence-corrected chi connectivity index (χ2v) is 4.99. The van der Waals surface area contributed by atoms with E-state index < -0.39 is 5.97 Å². The third-order valence-corrected chi connectivity index (χ3v) is 3.22. The molecule has 0 spiro atoms. The van der Waals surface area contributed by atoms with Crippen molar-refractivity contribution in [3.05, 3.63) is 35.4 Å². The van der Waals surface area contributed by atoms with Crippen molar-refractivity contribution in [1.82, 2.24) is 4.90 Å². The molecule has 0 aliphatic carbocycles. The number of hydrogen-bond acceptors (Lipinski definition) is 2. The summed E-state index contributed by atoms with van der Waals surface area (Å²) in [6.45, 7) is 7.16. The van der Waals surface area contributed by atoms with Crippen LogP contribution in [0.2, 0.25) is 0 Å². The molecule has 1 aromatic rings. The van der Waals surface area contributed by atoms with E-state index in [-0.39, 0.29) is 12.6 Å². The highest BCUT2D eigenvalue weighted by molar-refractivity contribution is 5.69. The van der Waals surface area contributed by atoms with Gasteiger partial charge in [0.15, 0.2) is 0 Å². The third kappa shape index (κ3) is 4.88. The van der Waals surface area contributed by atoms with Gasteiger partial charge in [-0.05, 0) is 51.3 Å². The Morgan fingerprint density at radius 2 is 2.00 bits per heavy atom. The molecule has 0 aliphatic heterocycles. The molecule has 3 nitrogen and oxygen atoms in total. The van der Waals surface area contributed by atoms with Crippen LogP contribution < -0.4 is 0 Å². The molecule has 0 atom stereocenters. The van der Waals surface area contributed by atoms with E-state index >= 15 is 0 Å². The number of rotatable bonds is 7. The van der Waals surface area contributed by atoms with Crippen LogP contribution in [0.25, 0.3) is 0 Å². The molecule has 0 saturated heterocycles. The molecule has 0 amide bonds. The molecule has 1 N–H and O–H groups in total. The van der Waals surface area contributed by atoms with Gasteiger partial charge in [0.05, 0.1) is 6.54 Å². The van der Waals surface area contributed by atoms with Gasteiger partial charge in [-0.15, -0.1) is 0 Å². The Labute approximate surface area is 109 Å². The smallest absolute Gasteiger partial charge is 0.317 e. The van der Waals surface area contributed by atoms with Crippen LogP contribution >= 0.6 is 0 Å². The summed E-state index contributed by atoms with van der Waals surface area (Å²) in [7, 11) is 0. The number of aliphatic carboxylic acids is 1. The van der Waals surface area contributed by atoms with Gasteiger partial charge in [-0.25, -0.2) is 0 Å². The molecule has 0 radical (unpaired) electrons. The van der Waals surface area contributed by atoms with Crippen molar-refractivity contribution in [1.29, 1.82) is 0 Å². The number of carbonyl (C=O) groups is 1.